The Balaban J connectivity index is 1.78. The molecule has 3 atom stereocenters. The van der Waals surface area contributed by atoms with Gasteiger partial charge >= 0.3 is 6.09 Å². The van der Waals surface area contributed by atoms with Crippen molar-refractivity contribution in [2.24, 2.45) is 0 Å². The van der Waals surface area contributed by atoms with Crippen LogP contribution < -0.4 is 10.6 Å². The number of hydrogen-bond acceptors (Lipinski definition) is 5. The van der Waals surface area contributed by atoms with Crippen LogP contribution in [0.1, 0.15) is 25.0 Å². The summed E-state index contributed by atoms with van der Waals surface area (Å²) in [7, 11) is 0. The van der Waals surface area contributed by atoms with Gasteiger partial charge in [0.1, 0.15) is 17.7 Å². The second kappa shape index (κ2) is 11.0. The summed E-state index contributed by atoms with van der Waals surface area (Å²) in [6.07, 6.45) is -3.12. The number of halogens is 2. The summed E-state index contributed by atoms with van der Waals surface area (Å²) >= 11 is 1.30. The lowest BCUT2D eigenvalue weighted by atomic mass is 9.97. The first-order valence-corrected chi connectivity index (χ1v) is 11.9. The zero-order valence-corrected chi connectivity index (χ0v) is 20.0. The molecule has 3 rings (SSSR count). The van der Waals surface area contributed by atoms with Crippen LogP contribution in [0.5, 0.6) is 0 Å². The normalized spacial score (nSPS) is 18.5. The molecule has 3 amide bonds. The molecule has 35 heavy (non-hydrogen) atoms. The minimum Gasteiger partial charge on any atom is -0.465 e. The van der Waals surface area contributed by atoms with Gasteiger partial charge in [0.15, 0.2) is 6.10 Å². The van der Waals surface area contributed by atoms with Gasteiger partial charge in [-0.3, -0.25) is 9.59 Å². The Morgan fingerprint density at radius 3 is 2.34 bits per heavy atom. The van der Waals surface area contributed by atoms with Gasteiger partial charge in [0.25, 0.3) is 5.91 Å². The molecular weight excluding hydrogens is 480 g/mol. The zero-order chi connectivity index (χ0) is 25.8. The number of carbonyl (C=O) groups is 3. The molecule has 11 heteroatoms. The van der Waals surface area contributed by atoms with Crippen LogP contribution in [0.4, 0.5) is 13.6 Å². The number of rotatable bonds is 8. The standard InChI is InChI=1S/C24H27F2N3O5S/c1-24(2)20(21(31)27-12-15-16(25)9-6-10-17(15)26)29(13-35-24)22(32)19(30)18(28-23(33)34)11-14-7-4-3-5-8-14/h3-10,18-20,28,30H,11-13H2,1-2H3,(H,27,31)(H,33,34). The van der Waals surface area contributed by atoms with Crippen molar-refractivity contribution in [2.45, 2.75) is 49.7 Å². The number of carboxylic acid groups (broad SMARTS) is 1. The highest BCUT2D eigenvalue weighted by Crippen LogP contribution is 2.40. The lowest BCUT2D eigenvalue weighted by Gasteiger charge is -2.33. The Labute approximate surface area is 205 Å². The molecule has 0 bridgehead atoms. The van der Waals surface area contributed by atoms with Crippen molar-refractivity contribution >= 4 is 29.7 Å². The van der Waals surface area contributed by atoms with E-state index in [1.807, 2.05) is 0 Å². The summed E-state index contributed by atoms with van der Waals surface area (Å²) < 4.78 is 27.2. The molecule has 1 saturated heterocycles. The van der Waals surface area contributed by atoms with Crippen molar-refractivity contribution < 1.29 is 33.4 Å². The number of hydrogen-bond donors (Lipinski definition) is 4. The fourth-order valence-corrected chi connectivity index (χ4v) is 5.14. The molecule has 3 unspecified atom stereocenters. The van der Waals surface area contributed by atoms with Crippen LogP contribution in [0, 0.1) is 11.6 Å². The van der Waals surface area contributed by atoms with Gasteiger partial charge in [-0.15, -0.1) is 11.8 Å². The predicted molar refractivity (Wildman–Crippen MR) is 126 cm³/mol. The highest BCUT2D eigenvalue weighted by Gasteiger charge is 2.49. The number of benzene rings is 2. The summed E-state index contributed by atoms with van der Waals surface area (Å²) in [6.45, 7) is 3.06. The quantitative estimate of drug-likeness (QED) is 0.436. The van der Waals surface area contributed by atoms with Crippen molar-refractivity contribution in [3.8, 4) is 0 Å². The molecule has 188 valence electrons. The topological polar surface area (TPSA) is 119 Å². The molecule has 0 aliphatic carbocycles. The lowest BCUT2D eigenvalue weighted by Crippen LogP contribution is -2.58. The van der Waals surface area contributed by atoms with Crippen LogP contribution in [0.15, 0.2) is 48.5 Å². The molecule has 2 aromatic rings. The van der Waals surface area contributed by atoms with E-state index >= 15 is 0 Å². The van der Waals surface area contributed by atoms with Gasteiger partial charge in [0, 0.05) is 16.9 Å². The maximum Gasteiger partial charge on any atom is 0.404 e. The number of carbonyl (C=O) groups excluding carboxylic acids is 2. The molecule has 1 fully saturated rings. The van der Waals surface area contributed by atoms with Crippen LogP contribution in [-0.4, -0.2) is 61.8 Å². The molecule has 0 saturated carbocycles. The van der Waals surface area contributed by atoms with Crippen molar-refractivity contribution in [3.05, 3.63) is 71.3 Å². The fraction of sp³-hybridized carbons (Fsp3) is 0.375. The zero-order valence-electron chi connectivity index (χ0n) is 19.2. The van der Waals surface area contributed by atoms with Gasteiger partial charge in [-0.05, 0) is 38.0 Å². The van der Waals surface area contributed by atoms with Crippen LogP contribution >= 0.6 is 11.8 Å². The SMILES string of the molecule is CC1(C)SCN(C(=O)C(O)C(Cc2ccccc2)NC(=O)O)C1C(=O)NCc1c(F)cccc1F. The Hall–Kier alpha value is -3.18. The monoisotopic (exact) mass is 507 g/mol. The highest BCUT2D eigenvalue weighted by atomic mass is 32.2. The number of aliphatic hydroxyl groups excluding tert-OH is 1. The third kappa shape index (κ3) is 6.29. The summed E-state index contributed by atoms with van der Waals surface area (Å²) in [4.78, 5) is 38.8. The smallest absolute Gasteiger partial charge is 0.404 e. The lowest BCUT2D eigenvalue weighted by molar-refractivity contribution is -0.147. The van der Waals surface area contributed by atoms with E-state index in [4.69, 9.17) is 0 Å². The van der Waals surface area contributed by atoms with Gasteiger partial charge in [0.05, 0.1) is 11.9 Å². The molecule has 0 radical (unpaired) electrons. The maximum atomic E-state index is 14.0. The van der Waals surface area contributed by atoms with Crippen LogP contribution in [0.3, 0.4) is 0 Å². The van der Waals surface area contributed by atoms with Crippen molar-refractivity contribution in [2.75, 3.05) is 5.88 Å². The Kier molecular flexibility index (Phi) is 8.34. The van der Waals surface area contributed by atoms with Crippen LogP contribution in [0.2, 0.25) is 0 Å². The maximum absolute atomic E-state index is 14.0. The average molecular weight is 508 g/mol. The minimum absolute atomic E-state index is 0.0495. The molecule has 1 aliphatic rings. The molecule has 4 N–H and O–H groups in total. The second-order valence-electron chi connectivity index (χ2n) is 8.70. The first-order valence-electron chi connectivity index (χ1n) is 10.9. The molecular formula is C24H27F2N3O5S. The molecule has 8 nitrogen and oxygen atoms in total. The number of thioether (sulfide) groups is 1. The molecule has 1 aliphatic heterocycles. The van der Waals surface area contributed by atoms with E-state index in [1.54, 1.807) is 44.2 Å². The first kappa shape index (κ1) is 26.4. The van der Waals surface area contributed by atoms with Crippen molar-refractivity contribution in [3.63, 3.8) is 0 Å². The Bertz CT molecular complexity index is 1070. The third-order valence-corrected chi connectivity index (χ3v) is 7.19. The summed E-state index contributed by atoms with van der Waals surface area (Å²) in [5.74, 6) is -3.02. The molecule has 0 spiro atoms. The average Bonchev–Trinajstić information content (AvgIpc) is 3.12. The molecule has 2 aromatic carbocycles. The van der Waals surface area contributed by atoms with Gasteiger partial charge in [-0.2, -0.15) is 0 Å². The second-order valence-corrected chi connectivity index (χ2v) is 10.3. The highest BCUT2D eigenvalue weighted by molar-refractivity contribution is 8.00. The summed E-state index contributed by atoms with van der Waals surface area (Å²) in [6, 6.07) is 9.90. The number of amides is 3. The largest absolute Gasteiger partial charge is 0.465 e. The summed E-state index contributed by atoms with van der Waals surface area (Å²) in [5, 5.41) is 24.7. The van der Waals surface area contributed by atoms with Crippen LogP contribution in [-0.2, 0) is 22.6 Å². The van der Waals surface area contributed by atoms with Crippen molar-refractivity contribution in [1.82, 2.24) is 15.5 Å². The van der Waals surface area contributed by atoms with E-state index in [0.717, 1.165) is 12.1 Å². The number of nitrogens with zero attached hydrogens (tertiary/aromatic N) is 1. The van der Waals surface area contributed by atoms with E-state index in [2.05, 4.69) is 10.6 Å². The number of nitrogens with one attached hydrogen (secondary N) is 2. The van der Waals surface area contributed by atoms with E-state index in [9.17, 15) is 33.4 Å². The summed E-state index contributed by atoms with van der Waals surface area (Å²) in [5.41, 5.74) is 0.395. The minimum atomic E-state index is -1.76. The van der Waals surface area contributed by atoms with E-state index in [-0.39, 0.29) is 17.9 Å². The van der Waals surface area contributed by atoms with Gasteiger partial charge in [0.2, 0.25) is 5.91 Å². The predicted octanol–water partition coefficient (Wildman–Crippen LogP) is 2.50. The fourth-order valence-electron chi connectivity index (χ4n) is 4.00. The Morgan fingerprint density at radius 1 is 1.11 bits per heavy atom. The van der Waals surface area contributed by atoms with E-state index < -0.39 is 59.0 Å². The van der Waals surface area contributed by atoms with E-state index in [0.29, 0.717) is 5.56 Å². The van der Waals surface area contributed by atoms with Gasteiger partial charge in [-0.1, -0.05) is 36.4 Å². The Morgan fingerprint density at radius 2 is 1.74 bits per heavy atom. The van der Waals surface area contributed by atoms with Crippen molar-refractivity contribution in [1.29, 1.82) is 0 Å². The number of aliphatic hydroxyl groups is 1. The first-order chi connectivity index (χ1) is 16.5. The van der Waals surface area contributed by atoms with Gasteiger partial charge in [-0.25, -0.2) is 13.6 Å². The van der Waals surface area contributed by atoms with Gasteiger partial charge < -0.3 is 25.7 Å². The molecule has 0 aromatic heterocycles. The molecule has 1 heterocycles. The van der Waals surface area contributed by atoms with E-state index in [1.165, 1.54) is 22.7 Å². The third-order valence-electron chi connectivity index (χ3n) is 5.82. The van der Waals surface area contributed by atoms with Crippen LogP contribution in [0.25, 0.3) is 0 Å².